The molecule has 0 saturated carbocycles. The summed E-state index contributed by atoms with van der Waals surface area (Å²) in [6.07, 6.45) is 1.49. The summed E-state index contributed by atoms with van der Waals surface area (Å²) in [4.78, 5) is 3.90. The third-order valence-electron chi connectivity index (χ3n) is 1.35. The molecule has 0 aliphatic rings. The molecular formula is C7H8BN3. The first-order valence-electron chi connectivity index (χ1n) is 3.18. The van der Waals surface area contributed by atoms with E-state index in [-0.39, 0.29) is 5.84 Å². The van der Waals surface area contributed by atoms with Gasteiger partial charge < -0.3 is 5.73 Å². The third-order valence-corrected chi connectivity index (χ3v) is 1.35. The SMILES string of the molecule is [B]c1cnc(C(=N)N)c(C)c1. The molecule has 0 amide bonds. The standard InChI is InChI=1S/C7H8BN3/c1-4-2-5(8)3-11-6(4)7(9)10/h2-3H,1H3,(H3,9,10). The van der Waals surface area contributed by atoms with E-state index in [1.54, 1.807) is 6.07 Å². The molecule has 0 atom stereocenters. The van der Waals surface area contributed by atoms with Crippen molar-refractivity contribution < 1.29 is 0 Å². The highest BCUT2D eigenvalue weighted by atomic mass is 14.8. The summed E-state index contributed by atoms with van der Waals surface area (Å²) in [7, 11) is 5.45. The van der Waals surface area contributed by atoms with Crippen LogP contribution >= 0.6 is 0 Å². The summed E-state index contributed by atoms with van der Waals surface area (Å²) in [5.41, 5.74) is 7.17. The molecule has 1 rings (SSSR count). The van der Waals surface area contributed by atoms with E-state index >= 15 is 0 Å². The smallest absolute Gasteiger partial charge is 0.142 e. The van der Waals surface area contributed by atoms with Crippen LogP contribution in [-0.2, 0) is 0 Å². The molecule has 0 unspecified atom stereocenters. The van der Waals surface area contributed by atoms with Crippen LogP contribution in [0.4, 0.5) is 0 Å². The fourth-order valence-electron chi connectivity index (χ4n) is 0.878. The number of rotatable bonds is 1. The van der Waals surface area contributed by atoms with E-state index in [0.717, 1.165) is 5.56 Å². The number of hydrogen-bond acceptors (Lipinski definition) is 2. The molecular weight excluding hydrogens is 137 g/mol. The molecule has 0 spiro atoms. The Labute approximate surface area is 66.6 Å². The minimum absolute atomic E-state index is 0.0255. The van der Waals surface area contributed by atoms with Gasteiger partial charge in [0.2, 0.25) is 0 Å². The highest BCUT2D eigenvalue weighted by Gasteiger charge is 2.01. The number of aromatic nitrogens is 1. The van der Waals surface area contributed by atoms with Gasteiger partial charge in [0.1, 0.15) is 19.4 Å². The third kappa shape index (κ3) is 1.58. The Morgan fingerprint density at radius 1 is 1.73 bits per heavy atom. The zero-order valence-corrected chi connectivity index (χ0v) is 6.26. The monoisotopic (exact) mass is 145 g/mol. The molecule has 0 aliphatic heterocycles. The summed E-state index contributed by atoms with van der Waals surface area (Å²) < 4.78 is 0. The largest absolute Gasteiger partial charge is 0.382 e. The molecule has 0 saturated heterocycles. The summed E-state index contributed by atoms with van der Waals surface area (Å²) in [5.74, 6) is -0.0255. The first-order valence-corrected chi connectivity index (χ1v) is 3.18. The zero-order chi connectivity index (χ0) is 8.43. The lowest BCUT2D eigenvalue weighted by Crippen LogP contribution is -2.17. The zero-order valence-electron chi connectivity index (χ0n) is 6.26. The number of nitrogens with two attached hydrogens (primary N) is 1. The van der Waals surface area contributed by atoms with Gasteiger partial charge >= 0.3 is 0 Å². The van der Waals surface area contributed by atoms with Crippen molar-refractivity contribution in [2.45, 2.75) is 6.92 Å². The van der Waals surface area contributed by atoms with Crippen molar-refractivity contribution >= 4 is 19.1 Å². The van der Waals surface area contributed by atoms with E-state index in [2.05, 4.69) is 4.98 Å². The lowest BCUT2D eigenvalue weighted by atomic mass is 9.96. The van der Waals surface area contributed by atoms with E-state index in [9.17, 15) is 0 Å². The van der Waals surface area contributed by atoms with Crippen LogP contribution in [0.15, 0.2) is 12.3 Å². The highest BCUT2D eigenvalue weighted by Crippen LogP contribution is 1.98. The van der Waals surface area contributed by atoms with E-state index in [4.69, 9.17) is 19.0 Å². The van der Waals surface area contributed by atoms with Crippen LogP contribution in [0.2, 0.25) is 0 Å². The molecule has 3 N–H and O–H groups in total. The van der Waals surface area contributed by atoms with Gasteiger partial charge in [-0.05, 0) is 12.5 Å². The summed E-state index contributed by atoms with van der Waals surface area (Å²) >= 11 is 0. The quantitative estimate of drug-likeness (QED) is 0.317. The first-order chi connectivity index (χ1) is 5.11. The minimum Gasteiger partial charge on any atom is -0.382 e. The van der Waals surface area contributed by atoms with E-state index in [1.807, 2.05) is 6.92 Å². The predicted octanol–water partition coefficient (Wildman–Crippen LogP) is -0.532. The number of nitrogens with one attached hydrogen (secondary N) is 1. The maximum absolute atomic E-state index is 7.12. The predicted molar refractivity (Wildman–Crippen MR) is 45.4 cm³/mol. The number of nitrogens with zero attached hydrogens (tertiary/aromatic N) is 1. The van der Waals surface area contributed by atoms with Crippen molar-refractivity contribution in [3.8, 4) is 0 Å². The van der Waals surface area contributed by atoms with Crippen LogP contribution in [0.5, 0.6) is 0 Å². The highest BCUT2D eigenvalue weighted by molar-refractivity contribution is 6.32. The van der Waals surface area contributed by atoms with Crippen molar-refractivity contribution in [3.05, 3.63) is 23.5 Å². The van der Waals surface area contributed by atoms with E-state index < -0.39 is 0 Å². The number of hydrogen-bond donors (Lipinski definition) is 2. The Hall–Kier alpha value is -1.32. The Kier molecular flexibility index (Phi) is 1.94. The molecule has 1 heterocycles. The number of aryl methyl sites for hydroxylation is 1. The minimum atomic E-state index is -0.0255. The second-order valence-corrected chi connectivity index (χ2v) is 2.35. The Morgan fingerprint density at radius 3 is 2.82 bits per heavy atom. The molecule has 54 valence electrons. The van der Waals surface area contributed by atoms with Gasteiger partial charge in [-0.3, -0.25) is 10.4 Å². The van der Waals surface area contributed by atoms with Gasteiger partial charge in [-0.25, -0.2) is 0 Å². The van der Waals surface area contributed by atoms with Crippen LogP contribution in [0, 0.1) is 12.3 Å². The van der Waals surface area contributed by atoms with E-state index in [0.29, 0.717) is 11.2 Å². The number of nitrogen functional groups attached to an aromatic ring is 1. The first kappa shape index (κ1) is 7.79. The van der Waals surface area contributed by atoms with Crippen LogP contribution in [0.1, 0.15) is 11.3 Å². The molecule has 11 heavy (non-hydrogen) atoms. The fourth-order valence-corrected chi connectivity index (χ4v) is 0.878. The van der Waals surface area contributed by atoms with Crippen molar-refractivity contribution in [1.82, 2.24) is 4.98 Å². The van der Waals surface area contributed by atoms with Crippen LogP contribution in [0.25, 0.3) is 0 Å². The molecule has 0 aromatic carbocycles. The molecule has 3 nitrogen and oxygen atoms in total. The van der Waals surface area contributed by atoms with Crippen molar-refractivity contribution in [3.63, 3.8) is 0 Å². The lowest BCUT2D eigenvalue weighted by Gasteiger charge is -2.02. The second kappa shape index (κ2) is 2.74. The number of pyridine rings is 1. The second-order valence-electron chi connectivity index (χ2n) is 2.35. The number of amidine groups is 1. The van der Waals surface area contributed by atoms with E-state index in [1.165, 1.54) is 6.20 Å². The Bertz CT molecular complexity index is 296. The Balaban J connectivity index is 3.20. The average molecular weight is 145 g/mol. The van der Waals surface area contributed by atoms with Gasteiger partial charge in [-0.1, -0.05) is 11.5 Å². The fraction of sp³-hybridized carbons (Fsp3) is 0.143. The van der Waals surface area contributed by atoms with Crippen molar-refractivity contribution in [1.29, 1.82) is 5.41 Å². The van der Waals surface area contributed by atoms with Gasteiger partial charge in [0.15, 0.2) is 0 Å². The molecule has 2 radical (unpaired) electrons. The molecule has 0 aliphatic carbocycles. The lowest BCUT2D eigenvalue weighted by molar-refractivity contribution is 1.22. The van der Waals surface area contributed by atoms with Gasteiger partial charge in [0, 0.05) is 6.20 Å². The van der Waals surface area contributed by atoms with Gasteiger partial charge in [-0.15, -0.1) is 0 Å². The van der Waals surface area contributed by atoms with Gasteiger partial charge in [0.05, 0.1) is 0 Å². The summed E-state index contributed by atoms with van der Waals surface area (Å²) in [5, 5.41) is 7.12. The maximum atomic E-state index is 7.12. The normalized spacial score (nSPS) is 9.55. The molecule has 0 fully saturated rings. The molecule has 4 heteroatoms. The molecule has 1 aromatic rings. The summed E-state index contributed by atoms with van der Waals surface area (Å²) in [6, 6.07) is 1.74. The van der Waals surface area contributed by atoms with Crippen LogP contribution < -0.4 is 11.2 Å². The maximum Gasteiger partial charge on any atom is 0.142 e. The van der Waals surface area contributed by atoms with Crippen LogP contribution in [0.3, 0.4) is 0 Å². The Morgan fingerprint density at radius 2 is 2.36 bits per heavy atom. The topological polar surface area (TPSA) is 62.8 Å². The van der Waals surface area contributed by atoms with Crippen molar-refractivity contribution in [2.24, 2.45) is 5.73 Å². The van der Waals surface area contributed by atoms with Crippen LogP contribution in [-0.4, -0.2) is 18.7 Å². The van der Waals surface area contributed by atoms with Gasteiger partial charge in [0.25, 0.3) is 0 Å². The molecule has 0 bridgehead atoms. The summed E-state index contributed by atoms with van der Waals surface area (Å²) in [6.45, 7) is 1.82. The molecule has 1 aromatic heterocycles. The van der Waals surface area contributed by atoms with Gasteiger partial charge in [-0.2, -0.15) is 0 Å². The van der Waals surface area contributed by atoms with Crippen molar-refractivity contribution in [2.75, 3.05) is 0 Å². The average Bonchev–Trinajstić information content (AvgIpc) is 1.85.